The number of aryl methyl sites for hydroxylation is 1. The lowest BCUT2D eigenvalue weighted by Crippen LogP contribution is -2.40. The third-order valence-electron chi connectivity index (χ3n) is 4.47. The van der Waals surface area contributed by atoms with Gasteiger partial charge < -0.3 is 4.74 Å². The molecule has 0 unspecified atom stereocenters. The first-order chi connectivity index (χ1) is 12.8. The highest BCUT2D eigenvalue weighted by atomic mass is 32.2. The number of quaternary nitrogens is 1. The van der Waals surface area contributed by atoms with Gasteiger partial charge in [-0.15, -0.1) is 4.39 Å². The van der Waals surface area contributed by atoms with Crippen LogP contribution in [0, 0.1) is 12.3 Å². The van der Waals surface area contributed by atoms with Crippen molar-refractivity contribution in [3.8, 4) is 0 Å². The average Bonchev–Trinajstić information content (AvgIpc) is 2.54. The molecule has 1 aliphatic carbocycles. The van der Waals surface area contributed by atoms with Gasteiger partial charge >= 0.3 is 12.3 Å². The lowest BCUT2D eigenvalue weighted by atomic mass is 9.74. The molecule has 1 aromatic rings. The fourth-order valence-electron chi connectivity index (χ4n) is 3.05. The fourth-order valence-corrected chi connectivity index (χ4v) is 3.83. The average molecular weight is 410 g/mol. The molecule has 0 saturated carbocycles. The smallest absolute Gasteiger partial charge is 0.413 e. The van der Waals surface area contributed by atoms with Crippen LogP contribution in [0.15, 0.2) is 30.0 Å². The van der Waals surface area contributed by atoms with Gasteiger partial charge in [0, 0.05) is 19.9 Å². The van der Waals surface area contributed by atoms with Crippen molar-refractivity contribution in [3.63, 3.8) is 0 Å². The quantitative estimate of drug-likeness (QED) is 0.307. The van der Waals surface area contributed by atoms with Crippen molar-refractivity contribution in [2.24, 2.45) is 5.41 Å². The van der Waals surface area contributed by atoms with Gasteiger partial charge in [0.05, 0.1) is 19.7 Å². The Kier molecular flexibility index (Phi) is 6.35. The Bertz CT molecular complexity index is 848. The van der Waals surface area contributed by atoms with Crippen LogP contribution in [0.25, 0.3) is 5.57 Å². The van der Waals surface area contributed by atoms with Crippen LogP contribution in [0.1, 0.15) is 37.8 Å². The molecule has 0 fully saturated rings. The van der Waals surface area contributed by atoms with Crippen LogP contribution in [-0.2, 0) is 9.53 Å². The number of ether oxygens (including phenoxy) is 1. The Morgan fingerprint density at radius 3 is 2.39 bits per heavy atom. The van der Waals surface area contributed by atoms with Crippen LogP contribution in [0.3, 0.4) is 0 Å². The molecule has 2 amide bonds. The van der Waals surface area contributed by atoms with E-state index in [4.69, 9.17) is 4.74 Å². The summed E-state index contributed by atoms with van der Waals surface area (Å²) in [4.78, 5) is 36.5. The van der Waals surface area contributed by atoms with E-state index in [0.717, 1.165) is 15.4 Å². The summed E-state index contributed by atoms with van der Waals surface area (Å²) >= 11 is 0.672. The highest BCUT2D eigenvalue weighted by molar-refractivity contribution is 7.92. The third-order valence-corrected chi connectivity index (χ3v) is 5.41. The first-order valence-corrected chi connectivity index (χ1v) is 9.59. The second-order valence-corrected chi connectivity index (χ2v) is 9.73. The molecule has 2 rings (SSSR count). The highest BCUT2D eigenvalue weighted by Crippen LogP contribution is 2.42. The molecule has 6 nitrogen and oxygen atoms in total. The van der Waals surface area contributed by atoms with Crippen LogP contribution >= 0.6 is 12.1 Å². The topological polar surface area (TPSA) is 63.7 Å². The zero-order valence-corrected chi connectivity index (χ0v) is 17.9. The number of rotatable bonds is 4. The number of hydrogen-bond donors (Lipinski definition) is 0. The predicted octanol–water partition coefficient (Wildman–Crippen LogP) is 4.89. The van der Waals surface area contributed by atoms with E-state index < -0.39 is 16.1 Å². The minimum atomic E-state index is -1.60. The molecule has 1 aliphatic rings. The van der Waals surface area contributed by atoms with E-state index in [1.54, 1.807) is 0 Å². The summed E-state index contributed by atoms with van der Waals surface area (Å²) in [7, 11) is 4.03. The lowest BCUT2D eigenvalue weighted by Gasteiger charge is -2.32. The molecule has 1 aromatic carbocycles. The van der Waals surface area contributed by atoms with Crippen molar-refractivity contribution in [1.82, 2.24) is 4.31 Å². The van der Waals surface area contributed by atoms with E-state index in [2.05, 4.69) is 0 Å². The SMILES string of the molecule is Cc1ccccc1C1=C(OC(=O)N(C)S[N+](C)(C)C(=O)F)CC(C)(C)CC1=O. The van der Waals surface area contributed by atoms with Crippen LogP contribution < -0.4 is 0 Å². The zero-order chi connectivity index (χ0) is 21.3. The second-order valence-electron chi connectivity index (χ2n) is 8.10. The van der Waals surface area contributed by atoms with Gasteiger partial charge in [-0.05, 0) is 23.5 Å². The number of Topliss-reactive ketones (excluding diaryl/α,β-unsaturated/α-hetero) is 1. The molecule has 0 aromatic heterocycles. The number of nitrogens with zero attached hydrogens (tertiary/aromatic N) is 2. The maximum absolute atomic E-state index is 13.1. The minimum Gasteiger partial charge on any atom is -0.413 e. The van der Waals surface area contributed by atoms with Gasteiger partial charge in [-0.3, -0.25) is 4.79 Å². The first-order valence-electron chi connectivity index (χ1n) is 8.86. The molecule has 0 N–H and O–H groups in total. The Morgan fingerprint density at radius 2 is 1.82 bits per heavy atom. The largest absolute Gasteiger partial charge is 0.518 e. The molecule has 0 saturated heterocycles. The van der Waals surface area contributed by atoms with Crippen molar-refractivity contribution in [1.29, 1.82) is 0 Å². The highest BCUT2D eigenvalue weighted by Gasteiger charge is 2.38. The number of hydrogen-bond acceptors (Lipinski definition) is 5. The van der Waals surface area contributed by atoms with Crippen molar-refractivity contribution in [3.05, 3.63) is 41.2 Å². The maximum atomic E-state index is 13.1. The fraction of sp³-hybridized carbons (Fsp3) is 0.450. The number of amides is 2. The Morgan fingerprint density at radius 1 is 1.21 bits per heavy atom. The maximum Gasteiger partial charge on any atom is 0.518 e. The summed E-state index contributed by atoms with van der Waals surface area (Å²) in [5, 5.41) is 0. The monoisotopic (exact) mass is 409 g/mol. The summed E-state index contributed by atoms with van der Waals surface area (Å²) in [5.74, 6) is 0.212. The number of benzene rings is 1. The predicted molar refractivity (Wildman–Crippen MR) is 107 cm³/mol. The molecule has 0 atom stereocenters. The van der Waals surface area contributed by atoms with Crippen LogP contribution in [0.2, 0.25) is 0 Å². The molecular formula is C20H26FN2O4S+. The number of carbonyl (C=O) groups is 3. The molecule has 0 aliphatic heterocycles. The normalized spacial score (nSPS) is 16.8. The van der Waals surface area contributed by atoms with Crippen molar-refractivity contribution in [2.75, 3.05) is 21.1 Å². The number of allylic oxidation sites excluding steroid dienone is 2. The first kappa shape index (κ1) is 22.1. The second kappa shape index (κ2) is 8.05. The summed E-state index contributed by atoms with van der Waals surface area (Å²) in [6.07, 6.45) is -1.61. The van der Waals surface area contributed by atoms with Crippen molar-refractivity contribution >= 4 is 35.7 Å². The molecular weight excluding hydrogens is 383 g/mol. The van der Waals surface area contributed by atoms with Crippen LogP contribution in [0.5, 0.6) is 0 Å². The summed E-state index contributed by atoms with van der Waals surface area (Å²) < 4.78 is 19.0. The summed E-state index contributed by atoms with van der Waals surface area (Å²) in [6.45, 7) is 5.77. The van der Waals surface area contributed by atoms with Gasteiger partial charge in [0.25, 0.3) is 0 Å². The minimum absolute atomic E-state index is 0.0845. The number of ketones is 1. The van der Waals surface area contributed by atoms with Gasteiger partial charge in [-0.25, -0.2) is 9.10 Å². The van der Waals surface area contributed by atoms with Gasteiger partial charge in [-0.2, -0.15) is 8.68 Å². The van der Waals surface area contributed by atoms with E-state index in [1.807, 2.05) is 45.0 Å². The molecule has 28 heavy (non-hydrogen) atoms. The molecule has 0 spiro atoms. The Hall–Kier alpha value is -2.19. The van der Waals surface area contributed by atoms with Gasteiger partial charge in [0.15, 0.2) is 5.78 Å². The van der Waals surface area contributed by atoms with Crippen LogP contribution in [0.4, 0.5) is 14.0 Å². The third kappa shape index (κ3) is 4.99. The standard InChI is InChI=1S/C20H26FN2O4S/c1-13-9-7-8-10-14(13)17-15(24)11-20(2,3)12-16(17)27-19(26)22(4)28-23(5,6)18(21)25/h7-10H,11-12H2,1-6H3/q+1. The zero-order valence-electron chi connectivity index (χ0n) is 17.0. The van der Waals surface area contributed by atoms with E-state index in [1.165, 1.54) is 21.1 Å². The Balaban J connectivity index is 2.38. The summed E-state index contributed by atoms with van der Waals surface area (Å²) in [6, 6.07) is 7.43. The van der Waals surface area contributed by atoms with E-state index >= 15 is 0 Å². The molecule has 152 valence electrons. The van der Waals surface area contributed by atoms with Gasteiger partial charge in [0.1, 0.15) is 5.76 Å². The number of carbonyl (C=O) groups excluding carboxylic acids is 3. The van der Waals surface area contributed by atoms with Crippen molar-refractivity contribution < 1.29 is 27.4 Å². The lowest BCUT2D eigenvalue weighted by molar-refractivity contribution is -0.668. The van der Waals surface area contributed by atoms with E-state index in [9.17, 15) is 18.8 Å². The van der Waals surface area contributed by atoms with Gasteiger partial charge in [-0.1, -0.05) is 38.1 Å². The molecule has 0 heterocycles. The Labute approximate surface area is 169 Å². The molecule has 0 radical (unpaired) electrons. The van der Waals surface area contributed by atoms with E-state index in [0.29, 0.717) is 36.3 Å². The number of halogens is 1. The molecule has 8 heteroatoms. The van der Waals surface area contributed by atoms with E-state index in [-0.39, 0.29) is 11.2 Å². The van der Waals surface area contributed by atoms with Crippen LogP contribution in [-0.4, -0.2) is 47.4 Å². The van der Waals surface area contributed by atoms with Gasteiger partial charge in [0.2, 0.25) is 12.1 Å². The molecule has 0 bridgehead atoms. The van der Waals surface area contributed by atoms with Crippen molar-refractivity contribution in [2.45, 2.75) is 33.6 Å². The summed E-state index contributed by atoms with van der Waals surface area (Å²) in [5.41, 5.74) is 1.69.